The highest BCUT2D eigenvalue weighted by Crippen LogP contribution is 2.36. The largest absolute Gasteiger partial charge is 0.354 e. The molecule has 0 unspecified atom stereocenters. The van der Waals surface area contributed by atoms with Gasteiger partial charge in [0.15, 0.2) is 10.8 Å². The maximum atomic E-state index is 6.19. The summed E-state index contributed by atoms with van der Waals surface area (Å²) >= 11 is 1.47. The van der Waals surface area contributed by atoms with Gasteiger partial charge in [-0.05, 0) is 30.3 Å². The lowest BCUT2D eigenvalue weighted by Gasteiger charge is -2.18. The molecule has 3 N–H and O–H groups in total. The molecule has 0 radical (unpaired) electrons. The fraction of sp³-hybridized carbons (Fsp3) is 0.190. The van der Waals surface area contributed by atoms with Crippen molar-refractivity contribution in [1.29, 1.82) is 0 Å². The van der Waals surface area contributed by atoms with Gasteiger partial charge in [0, 0.05) is 53.5 Å². The van der Waals surface area contributed by atoms with E-state index in [0.717, 1.165) is 57.7 Å². The van der Waals surface area contributed by atoms with Gasteiger partial charge in [-0.1, -0.05) is 18.2 Å². The van der Waals surface area contributed by atoms with E-state index < -0.39 is 0 Å². The molecule has 0 bridgehead atoms. The molecule has 8 nitrogen and oxygen atoms in total. The van der Waals surface area contributed by atoms with Crippen molar-refractivity contribution in [2.45, 2.75) is 22.5 Å². The average Bonchev–Trinajstić information content (AvgIpc) is 3.36. The summed E-state index contributed by atoms with van der Waals surface area (Å²) in [6, 6.07) is 10.4. The molecule has 5 aromatic rings. The van der Waals surface area contributed by atoms with E-state index in [-0.39, 0.29) is 6.04 Å². The molecule has 0 amide bonds. The van der Waals surface area contributed by atoms with Gasteiger partial charge in [0.2, 0.25) is 0 Å². The van der Waals surface area contributed by atoms with Crippen molar-refractivity contribution in [3.05, 3.63) is 48.9 Å². The number of nitrogens with zero attached hydrogens (tertiary/aromatic N) is 6. The van der Waals surface area contributed by atoms with Crippen molar-refractivity contribution >= 4 is 50.7 Å². The first-order chi connectivity index (χ1) is 14.7. The van der Waals surface area contributed by atoms with E-state index in [1.165, 1.54) is 11.8 Å². The predicted octanol–water partition coefficient (Wildman–Crippen LogP) is 3.14. The molecule has 9 heteroatoms. The highest BCUT2D eigenvalue weighted by Gasteiger charge is 2.25. The van der Waals surface area contributed by atoms with Crippen molar-refractivity contribution in [2.75, 3.05) is 18.0 Å². The average molecular weight is 414 g/mol. The van der Waals surface area contributed by atoms with Crippen LogP contribution in [0.5, 0.6) is 0 Å². The molecule has 1 saturated heterocycles. The van der Waals surface area contributed by atoms with Crippen LogP contribution < -0.4 is 10.6 Å². The maximum absolute atomic E-state index is 6.19. The SMILES string of the molecule is N[C@H]1CCN(c2nc(Sc3cnc4nccnc4c3)nc3[nH]c4ccccc4c23)C1. The number of nitrogens with one attached hydrogen (secondary N) is 1. The Morgan fingerprint density at radius 1 is 1.10 bits per heavy atom. The molecule has 30 heavy (non-hydrogen) atoms. The van der Waals surface area contributed by atoms with Crippen molar-refractivity contribution < 1.29 is 0 Å². The van der Waals surface area contributed by atoms with Gasteiger partial charge in [0.1, 0.15) is 17.0 Å². The van der Waals surface area contributed by atoms with Gasteiger partial charge in [0.25, 0.3) is 0 Å². The zero-order valence-electron chi connectivity index (χ0n) is 16.0. The minimum absolute atomic E-state index is 0.166. The number of anilines is 1. The predicted molar refractivity (Wildman–Crippen MR) is 118 cm³/mol. The molecule has 5 heterocycles. The van der Waals surface area contributed by atoms with Gasteiger partial charge >= 0.3 is 0 Å². The summed E-state index contributed by atoms with van der Waals surface area (Å²) in [6.45, 7) is 1.69. The van der Waals surface area contributed by atoms with Crippen LogP contribution in [0.3, 0.4) is 0 Å². The van der Waals surface area contributed by atoms with Gasteiger partial charge in [-0.15, -0.1) is 0 Å². The Kier molecular flexibility index (Phi) is 4.03. The first-order valence-electron chi connectivity index (χ1n) is 9.78. The topological polar surface area (TPSA) is 110 Å². The van der Waals surface area contributed by atoms with Gasteiger partial charge in [-0.2, -0.15) is 0 Å². The Morgan fingerprint density at radius 2 is 2.00 bits per heavy atom. The number of para-hydroxylation sites is 1. The fourth-order valence-electron chi connectivity index (χ4n) is 3.96. The fourth-order valence-corrected chi connectivity index (χ4v) is 4.72. The standard InChI is InChI=1S/C21H18N8S/c22-12-5-8-29(11-12)20-17-14-3-1-2-4-15(14)26-19(17)27-21(28-20)30-13-9-16-18(25-10-13)24-7-6-23-16/h1-4,6-7,9-10,12H,5,8,11,22H2,(H,26,27,28)/t12-/m0/s1. The van der Waals surface area contributed by atoms with Crippen LogP contribution in [-0.2, 0) is 0 Å². The molecule has 1 aliphatic rings. The van der Waals surface area contributed by atoms with Crippen LogP contribution in [0.25, 0.3) is 33.1 Å². The lowest BCUT2D eigenvalue weighted by molar-refractivity contribution is 0.751. The van der Waals surface area contributed by atoms with Crippen molar-refractivity contribution in [3.63, 3.8) is 0 Å². The molecular weight excluding hydrogens is 396 g/mol. The molecule has 0 spiro atoms. The molecule has 1 aliphatic heterocycles. The van der Waals surface area contributed by atoms with Crippen LogP contribution in [0.15, 0.2) is 59.0 Å². The molecule has 0 saturated carbocycles. The zero-order chi connectivity index (χ0) is 20.1. The Morgan fingerprint density at radius 3 is 2.90 bits per heavy atom. The molecule has 1 fully saturated rings. The molecule has 148 valence electrons. The second-order valence-corrected chi connectivity index (χ2v) is 8.43. The number of pyridine rings is 1. The molecule has 4 aromatic heterocycles. The number of aromatic nitrogens is 6. The molecule has 6 rings (SSSR count). The summed E-state index contributed by atoms with van der Waals surface area (Å²) in [5, 5.41) is 2.84. The van der Waals surface area contributed by atoms with Gasteiger partial charge in [-0.3, -0.25) is 4.98 Å². The third kappa shape index (κ3) is 2.94. The maximum Gasteiger partial charge on any atom is 0.196 e. The number of fused-ring (bicyclic) bond motifs is 4. The van der Waals surface area contributed by atoms with Crippen LogP contribution >= 0.6 is 11.8 Å². The Bertz CT molecular complexity index is 1400. The summed E-state index contributed by atoms with van der Waals surface area (Å²) in [7, 11) is 0. The number of hydrogen-bond acceptors (Lipinski definition) is 8. The van der Waals surface area contributed by atoms with E-state index in [4.69, 9.17) is 15.7 Å². The van der Waals surface area contributed by atoms with Crippen LogP contribution in [-0.4, -0.2) is 49.0 Å². The zero-order valence-corrected chi connectivity index (χ0v) is 16.8. The third-order valence-corrected chi connectivity index (χ3v) is 6.18. The lowest BCUT2D eigenvalue weighted by atomic mass is 10.2. The van der Waals surface area contributed by atoms with E-state index in [2.05, 4.69) is 37.0 Å². The van der Waals surface area contributed by atoms with Crippen molar-refractivity contribution in [3.8, 4) is 0 Å². The van der Waals surface area contributed by atoms with Crippen LogP contribution in [0.1, 0.15) is 6.42 Å². The van der Waals surface area contributed by atoms with Gasteiger partial charge < -0.3 is 15.6 Å². The monoisotopic (exact) mass is 414 g/mol. The van der Waals surface area contributed by atoms with E-state index in [1.54, 1.807) is 18.6 Å². The number of benzene rings is 1. The minimum atomic E-state index is 0.166. The second kappa shape index (κ2) is 6.89. The molecule has 0 aliphatic carbocycles. The number of H-pyrrole nitrogens is 1. The Hall–Kier alpha value is -3.30. The van der Waals surface area contributed by atoms with Crippen molar-refractivity contribution in [2.24, 2.45) is 5.73 Å². The Balaban J connectivity index is 1.49. The van der Waals surface area contributed by atoms with Gasteiger partial charge in [-0.25, -0.2) is 19.9 Å². The second-order valence-electron chi connectivity index (χ2n) is 7.39. The van der Waals surface area contributed by atoms with E-state index in [1.807, 2.05) is 18.2 Å². The summed E-state index contributed by atoms with van der Waals surface area (Å²) in [6.07, 6.45) is 6.05. The normalized spacial score (nSPS) is 16.8. The van der Waals surface area contributed by atoms with Crippen LogP contribution in [0.4, 0.5) is 5.82 Å². The summed E-state index contributed by atoms with van der Waals surface area (Å²) < 4.78 is 0. The Labute approximate surface area is 176 Å². The first-order valence-corrected chi connectivity index (χ1v) is 10.6. The number of nitrogens with two attached hydrogens (primary N) is 1. The van der Waals surface area contributed by atoms with Crippen LogP contribution in [0.2, 0.25) is 0 Å². The molecule has 1 atom stereocenters. The van der Waals surface area contributed by atoms with Gasteiger partial charge in [0.05, 0.1) is 5.39 Å². The third-order valence-electron chi connectivity index (χ3n) is 5.35. The number of aromatic amines is 1. The summed E-state index contributed by atoms with van der Waals surface area (Å²) in [5.74, 6) is 0.932. The lowest BCUT2D eigenvalue weighted by Crippen LogP contribution is -2.27. The smallest absolute Gasteiger partial charge is 0.196 e. The summed E-state index contributed by atoms with van der Waals surface area (Å²) in [5.41, 5.74) is 9.45. The van der Waals surface area contributed by atoms with Crippen molar-refractivity contribution in [1.82, 2.24) is 29.9 Å². The molecular formula is C21H18N8S. The quantitative estimate of drug-likeness (QED) is 0.433. The van der Waals surface area contributed by atoms with Crippen LogP contribution in [0, 0.1) is 0 Å². The highest BCUT2D eigenvalue weighted by molar-refractivity contribution is 7.99. The number of rotatable bonds is 3. The van der Waals surface area contributed by atoms with E-state index in [0.29, 0.717) is 10.8 Å². The molecule has 1 aromatic carbocycles. The highest BCUT2D eigenvalue weighted by atomic mass is 32.2. The van der Waals surface area contributed by atoms with E-state index in [9.17, 15) is 0 Å². The minimum Gasteiger partial charge on any atom is -0.354 e. The first kappa shape index (κ1) is 17.5. The van der Waals surface area contributed by atoms with E-state index >= 15 is 0 Å². The summed E-state index contributed by atoms with van der Waals surface area (Å²) in [4.78, 5) is 29.4. The number of hydrogen-bond donors (Lipinski definition) is 2.